The van der Waals surface area contributed by atoms with E-state index in [-0.39, 0.29) is 0 Å². The Labute approximate surface area is 111 Å². The number of rotatable bonds is 3. The molecule has 0 N–H and O–H groups in total. The normalized spacial score (nSPS) is 10.3. The van der Waals surface area contributed by atoms with Crippen molar-refractivity contribution in [3.8, 4) is 0 Å². The van der Waals surface area contributed by atoms with Crippen LogP contribution in [0, 0.1) is 6.92 Å². The van der Waals surface area contributed by atoms with Crippen LogP contribution in [0.1, 0.15) is 12.5 Å². The van der Waals surface area contributed by atoms with Crippen molar-refractivity contribution in [3.63, 3.8) is 0 Å². The summed E-state index contributed by atoms with van der Waals surface area (Å²) < 4.78 is 1.11. The molecule has 88 valence electrons. The Morgan fingerprint density at radius 3 is 2.29 bits per heavy atom. The first-order valence-electron chi connectivity index (χ1n) is 5.80. The van der Waals surface area contributed by atoms with Gasteiger partial charge in [0.1, 0.15) is 0 Å². The fraction of sp³-hybridized carbons (Fsp3) is 0.200. The lowest BCUT2D eigenvalue weighted by atomic mass is 10.2. The van der Waals surface area contributed by atoms with Crippen LogP contribution in [0.25, 0.3) is 0 Å². The Morgan fingerprint density at radius 2 is 1.71 bits per heavy atom. The van der Waals surface area contributed by atoms with Gasteiger partial charge in [-0.25, -0.2) is 0 Å². The van der Waals surface area contributed by atoms with Gasteiger partial charge < -0.3 is 4.90 Å². The zero-order valence-corrected chi connectivity index (χ0v) is 11.7. The highest BCUT2D eigenvalue weighted by atomic mass is 79.9. The van der Waals surface area contributed by atoms with Crippen LogP contribution in [-0.2, 0) is 0 Å². The lowest BCUT2D eigenvalue weighted by Crippen LogP contribution is -2.15. The molecule has 0 amide bonds. The van der Waals surface area contributed by atoms with Gasteiger partial charge in [-0.3, -0.25) is 0 Å². The van der Waals surface area contributed by atoms with Crippen LogP contribution in [0.3, 0.4) is 0 Å². The number of hydrogen-bond donors (Lipinski definition) is 0. The number of halogens is 1. The Hall–Kier alpha value is -1.28. The van der Waals surface area contributed by atoms with E-state index in [9.17, 15) is 0 Å². The van der Waals surface area contributed by atoms with Crippen LogP contribution >= 0.6 is 15.9 Å². The van der Waals surface area contributed by atoms with Crippen molar-refractivity contribution < 1.29 is 0 Å². The molecule has 0 aliphatic carbocycles. The van der Waals surface area contributed by atoms with Gasteiger partial charge in [0.15, 0.2) is 0 Å². The van der Waals surface area contributed by atoms with Crippen LogP contribution in [0.15, 0.2) is 53.0 Å². The fourth-order valence-corrected chi connectivity index (χ4v) is 2.27. The molecule has 1 nitrogen and oxygen atoms in total. The Balaban J connectivity index is 2.36. The molecule has 2 heteroatoms. The number of anilines is 2. The van der Waals surface area contributed by atoms with Gasteiger partial charge in [0.25, 0.3) is 0 Å². The van der Waals surface area contributed by atoms with Crippen molar-refractivity contribution in [3.05, 3.63) is 58.6 Å². The SMILES string of the molecule is CCN(c1ccc(C)cc1)c1cccc(Br)c1. The quantitative estimate of drug-likeness (QED) is 0.776. The van der Waals surface area contributed by atoms with E-state index in [1.165, 1.54) is 16.9 Å². The first-order chi connectivity index (χ1) is 8.20. The number of aryl methyl sites for hydroxylation is 1. The first-order valence-corrected chi connectivity index (χ1v) is 6.60. The maximum Gasteiger partial charge on any atom is 0.0421 e. The summed E-state index contributed by atoms with van der Waals surface area (Å²) in [5.41, 5.74) is 3.74. The maximum absolute atomic E-state index is 3.52. The Morgan fingerprint density at radius 1 is 1.00 bits per heavy atom. The Bertz CT molecular complexity index is 491. The third-order valence-corrected chi connectivity index (χ3v) is 3.27. The molecule has 2 aromatic carbocycles. The molecule has 0 fully saturated rings. The van der Waals surface area contributed by atoms with Crippen molar-refractivity contribution >= 4 is 27.3 Å². The summed E-state index contributed by atoms with van der Waals surface area (Å²) >= 11 is 3.52. The zero-order valence-electron chi connectivity index (χ0n) is 10.2. The van der Waals surface area contributed by atoms with E-state index in [1.54, 1.807) is 0 Å². The second-order valence-corrected chi connectivity index (χ2v) is 4.98. The molecule has 0 aliphatic heterocycles. The molecule has 0 atom stereocenters. The Kier molecular flexibility index (Phi) is 3.85. The summed E-state index contributed by atoms with van der Waals surface area (Å²) in [4.78, 5) is 2.30. The zero-order chi connectivity index (χ0) is 12.3. The molecule has 0 radical (unpaired) electrons. The predicted octanol–water partition coefficient (Wildman–Crippen LogP) is 4.92. The fourth-order valence-electron chi connectivity index (χ4n) is 1.88. The molecule has 2 rings (SSSR count). The summed E-state index contributed by atoms with van der Waals surface area (Å²) in [7, 11) is 0. The summed E-state index contributed by atoms with van der Waals surface area (Å²) in [5, 5.41) is 0. The van der Waals surface area contributed by atoms with Gasteiger partial charge in [-0.1, -0.05) is 39.7 Å². The van der Waals surface area contributed by atoms with Crippen LogP contribution < -0.4 is 4.90 Å². The molecule has 0 spiro atoms. The van der Waals surface area contributed by atoms with Crippen molar-refractivity contribution in [2.75, 3.05) is 11.4 Å². The second-order valence-electron chi connectivity index (χ2n) is 4.06. The molecule has 0 heterocycles. The van der Waals surface area contributed by atoms with E-state index >= 15 is 0 Å². The molecule has 2 aromatic rings. The number of hydrogen-bond acceptors (Lipinski definition) is 1. The van der Waals surface area contributed by atoms with Crippen LogP contribution in [-0.4, -0.2) is 6.54 Å². The highest BCUT2D eigenvalue weighted by Crippen LogP contribution is 2.27. The monoisotopic (exact) mass is 289 g/mol. The van der Waals surface area contributed by atoms with Gasteiger partial charge in [-0.2, -0.15) is 0 Å². The smallest absolute Gasteiger partial charge is 0.0421 e. The first kappa shape index (κ1) is 12.2. The predicted molar refractivity (Wildman–Crippen MR) is 78.0 cm³/mol. The van der Waals surface area contributed by atoms with Crippen molar-refractivity contribution in [2.24, 2.45) is 0 Å². The molecule has 17 heavy (non-hydrogen) atoms. The molecule has 0 saturated heterocycles. The van der Waals surface area contributed by atoms with Crippen LogP contribution in [0.2, 0.25) is 0 Å². The third kappa shape index (κ3) is 2.89. The van der Waals surface area contributed by atoms with Gasteiger partial charge in [-0.15, -0.1) is 0 Å². The largest absolute Gasteiger partial charge is 0.342 e. The highest BCUT2D eigenvalue weighted by Gasteiger charge is 2.06. The topological polar surface area (TPSA) is 3.24 Å². The minimum Gasteiger partial charge on any atom is -0.342 e. The average molecular weight is 290 g/mol. The standard InChI is InChI=1S/C15H16BrN/c1-3-17(14-9-7-12(2)8-10-14)15-6-4-5-13(16)11-15/h4-11H,3H2,1-2H3. The minimum absolute atomic E-state index is 0.958. The van der Waals surface area contributed by atoms with Gasteiger partial charge >= 0.3 is 0 Å². The molecular weight excluding hydrogens is 274 g/mol. The van der Waals surface area contributed by atoms with Crippen molar-refractivity contribution in [1.82, 2.24) is 0 Å². The highest BCUT2D eigenvalue weighted by molar-refractivity contribution is 9.10. The number of nitrogens with zero attached hydrogens (tertiary/aromatic N) is 1. The van der Waals surface area contributed by atoms with Crippen molar-refractivity contribution in [1.29, 1.82) is 0 Å². The molecule has 0 saturated carbocycles. The summed E-state index contributed by atoms with van der Waals surface area (Å²) in [6.07, 6.45) is 0. The lowest BCUT2D eigenvalue weighted by molar-refractivity contribution is 1.02. The van der Waals surface area contributed by atoms with Gasteiger partial charge in [0.05, 0.1) is 0 Å². The molecule has 0 bridgehead atoms. The minimum atomic E-state index is 0.958. The van der Waals surface area contributed by atoms with E-state index in [2.05, 4.69) is 77.1 Å². The summed E-state index contributed by atoms with van der Waals surface area (Å²) in [6.45, 7) is 5.24. The molecule has 0 aliphatic rings. The van der Waals surface area contributed by atoms with E-state index in [0.29, 0.717) is 0 Å². The van der Waals surface area contributed by atoms with Crippen LogP contribution in [0.4, 0.5) is 11.4 Å². The molecular formula is C15H16BrN. The average Bonchev–Trinajstić information content (AvgIpc) is 2.33. The summed E-state index contributed by atoms with van der Waals surface area (Å²) in [6, 6.07) is 17.0. The van der Waals surface area contributed by atoms with E-state index in [0.717, 1.165) is 11.0 Å². The van der Waals surface area contributed by atoms with E-state index < -0.39 is 0 Å². The molecule has 0 aromatic heterocycles. The maximum atomic E-state index is 3.52. The summed E-state index contributed by atoms with van der Waals surface area (Å²) in [5.74, 6) is 0. The van der Waals surface area contributed by atoms with E-state index in [4.69, 9.17) is 0 Å². The molecule has 0 unspecified atom stereocenters. The third-order valence-electron chi connectivity index (χ3n) is 2.78. The van der Waals surface area contributed by atoms with Crippen LogP contribution in [0.5, 0.6) is 0 Å². The van der Waals surface area contributed by atoms with Gasteiger partial charge in [0.2, 0.25) is 0 Å². The van der Waals surface area contributed by atoms with Gasteiger partial charge in [-0.05, 0) is 44.2 Å². The van der Waals surface area contributed by atoms with Crippen molar-refractivity contribution in [2.45, 2.75) is 13.8 Å². The van der Waals surface area contributed by atoms with Gasteiger partial charge in [0, 0.05) is 22.4 Å². The number of benzene rings is 2. The second kappa shape index (κ2) is 5.37. The van der Waals surface area contributed by atoms with E-state index in [1.807, 2.05) is 6.07 Å². The lowest BCUT2D eigenvalue weighted by Gasteiger charge is -2.23.